The monoisotopic (exact) mass is 315 g/mol. The van der Waals surface area contributed by atoms with Gasteiger partial charge in [0, 0.05) is 23.5 Å². The van der Waals surface area contributed by atoms with Gasteiger partial charge < -0.3 is 10.0 Å². The van der Waals surface area contributed by atoms with Gasteiger partial charge in [-0.05, 0) is 46.1 Å². The fourth-order valence-corrected chi connectivity index (χ4v) is 4.50. The van der Waals surface area contributed by atoms with E-state index in [0.717, 1.165) is 35.3 Å². The van der Waals surface area contributed by atoms with Crippen molar-refractivity contribution in [2.75, 3.05) is 13.1 Å². The van der Waals surface area contributed by atoms with Crippen LogP contribution in [0.5, 0.6) is 0 Å². The molecule has 1 amide bonds. The molecule has 3 nitrogen and oxygen atoms in total. The van der Waals surface area contributed by atoms with Gasteiger partial charge in [0.25, 0.3) is 5.91 Å². The van der Waals surface area contributed by atoms with Gasteiger partial charge in [-0.25, -0.2) is 0 Å². The maximum absolute atomic E-state index is 12.3. The summed E-state index contributed by atoms with van der Waals surface area (Å²) in [5.74, 6) is 0.916. The highest BCUT2D eigenvalue weighted by molar-refractivity contribution is 9.10. The van der Waals surface area contributed by atoms with Crippen LogP contribution in [-0.4, -0.2) is 35.1 Å². The summed E-state index contributed by atoms with van der Waals surface area (Å²) in [5.41, 5.74) is 0. The first-order chi connectivity index (χ1) is 8.16. The van der Waals surface area contributed by atoms with Gasteiger partial charge in [0.2, 0.25) is 0 Å². The van der Waals surface area contributed by atoms with Crippen LogP contribution in [0.15, 0.2) is 15.9 Å². The van der Waals surface area contributed by atoms with E-state index in [0.29, 0.717) is 11.8 Å². The van der Waals surface area contributed by atoms with E-state index in [-0.39, 0.29) is 12.0 Å². The van der Waals surface area contributed by atoms with Crippen LogP contribution in [0, 0.1) is 11.8 Å². The van der Waals surface area contributed by atoms with Crippen LogP contribution in [0.25, 0.3) is 0 Å². The molecule has 1 saturated carbocycles. The molecule has 3 rings (SSSR count). The van der Waals surface area contributed by atoms with Crippen LogP contribution in [0.2, 0.25) is 0 Å². The van der Waals surface area contributed by atoms with Crippen molar-refractivity contribution < 1.29 is 9.90 Å². The zero-order chi connectivity index (χ0) is 12.0. The lowest BCUT2D eigenvalue weighted by atomic mass is 10.00. The molecule has 0 aromatic carbocycles. The molecule has 0 radical (unpaired) electrons. The van der Waals surface area contributed by atoms with Gasteiger partial charge >= 0.3 is 0 Å². The molecule has 0 bridgehead atoms. The Hall–Kier alpha value is -0.390. The largest absolute Gasteiger partial charge is 0.393 e. The molecule has 1 aliphatic heterocycles. The summed E-state index contributed by atoms with van der Waals surface area (Å²) in [6, 6.07) is 1.91. The molecule has 92 valence electrons. The average Bonchev–Trinajstić information content (AvgIpc) is 2.96. The standard InChI is InChI=1S/C12H14BrNO2S/c13-9-3-4-17-11(9)12(16)14-5-7-1-2-10(15)8(7)6-14/h3-4,7-8,10,15H,1-2,5-6H2. The first kappa shape index (κ1) is 11.7. The molecule has 2 fully saturated rings. The number of rotatable bonds is 1. The van der Waals surface area contributed by atoms with Crippen LogP contribution in [0.3, 0.4) is 0 Å². The Morgan fingerprint density at radius 3 is 2.94 bits per heavy atom. The van der Waals surface area contributed by atoms with Crippen molar-refractivity contribution >= 4 is 33.2 Å². The molecule has 3 unspecified atom stereocenters. The summed E-state index contributed by atoms with van der Waals surface area (Å²) >= 11 is 4.87. The summed E-state index contributed by atoms with van der Waals surface area (Å²) in [6.45, 7) is 1.53. The van der Waals surface area contributed by atoms with Gasteiger partial charge in [-0.1, -0.05) is 0 Å². The van der Waals surface area contributed by atoms with E-state index in [1.54, 1.807) is 0 Å². The van der Waals surface area contributed by atoms with Crippen LogP contribution >= 0.6 is 27.3 Å². The second kappa shape index (κ2) is 4.37. The van der Waals surface area contributed by atoms with Gasteiger partial charge in [0.1, 0.15) is 4.88 Å². The number of nitrogens with zero attached hydrogens (tertiary/aromatic N) is 1. The number of carbonyl (C=O) groups excluding carboxylic acids is 1. The summed E-state index contributed by atoms with van der Waals surface area (Å²) in [6.07, 6.45) is 1.76. The number of hydrogen-bond acceptors (Lipinski definition) is 3. The first-order valence-corrected chi connectivity index (χ1v) is 7.54. The quantitative estimate of drug-likeness (QED) is 0.864. The minimum atomic E-state index is -0.204. The summed E-state index contributed by atoms with van der Waals surface area (Å²) < 4.78 is 0.880. The summed E-state index contributed by atoms with van der Waals surface area (Å²) in [4.78, 5) is 15.0. The molecule has 2 aliphatic rings. The third kappa shape index (κ3) is 1.94. The van der Waals surface area contributed by atoms with Crippen molar-refractivity contribution in [1.82, 2.24) is 4.90 Å². The van der Waals surface area contributed by atoms with Gasteiger partial charge in [0.15, 0.2) is 0 Å². The Labute approximate surface area is 113 Å². The highest BCUT2D eigenvalue weighted by Gasteiger charge is 2.43. The van der Waals surface area contributed by atoms with Gasteiger partial charge in [-0.3, -0.25) is 4.79 Å². The molecular weight excluding hydrogens is 302 g/mol. The topological polar surface area (TPSA) is 40.5 Å². The molecule has 17 heavy (non-hydrogen) atoms. The molecule has 1 aromatic rings. The molecular formula is C12H14BrNO2S. The lowest BCUT2D eigenvalue weighted by Crippen LogP contribution is -2.30. The Kier molecular flexibility index (Phi) is 3.00. The molecule has 5 heteroatoms. The van der Waals surface area contributed by atoms with Crippen LogP contribution in [0.1, 0.15) is 22.5 Å². The Bertz CT molecular complexity index is 447. The van der Waals surface area contributed by atoms with Crippen molar-refractivity contribution in [3.8, 4) is 0 Å². The predicted molar refractivity (Wildman–Crippen MR) is 70.1 cm³/mol. The Morgan fingerprint density at radius 2 is 2.29 bits per heavy atom. The molecule has 1 aromatic heterocycles. The van der Waals surface area contributed by atoms with E-state index < -0.39 is 0 Å². The molecule has 1 N–H and O–H groups in total. The number of halogens is 1. The van der Waals surface area contributed by atoms with E-state index in [9.17, 15) is 9.90 Å². The number of likely N-dealkylation sites (tertiary alicyclic amines) is 1. The average molecular weight is 316 g/mol. The van der Waals surface area contributed by atoms with Crippen molar-refractivity contribution in [3.63, 3.8) is 0 Å². The minimum Gasteiger partial charge on any atom is -0.393 e. The maximum atomic E-state index is 12.3. The van der Waals surface area contributed by atoms with Crippen LogP contribution in [0.4, 0.5) is 0 Å². The second-order valence-corrected chi connectivity index (χ2v) is 6.65. The maximum Gasteiger partial charge on any atom is 0.265 e. The van der Waals surface area contributed by atoms with Crippen molar-refractivity contribution in [2.45, 2.75) is 18.9 Å². The van der Waals surface area contributed by atoms with Crippen molar-refractivity contribution in [1.29, 1.82) is 0 Å². The molecule has 1 aliphatic carbocycles. The molecule has 1 saturated heterocycles. The zero-order valence-electron chi connectivity index (χ0n) is 9.30. The lowest BCUT2D eigenvalue weighted by molar-refractivity contribution is 0.0756. The second-order valence-electron chi connectivity index (χ2n) is 4.88. The van der Waals surface area contributed by atoms with Gasteiger partial charge in [-0.2, -0.15) is 0 Å². The number of carbonyl (C=O) groups is 1. The van der Waals surface area contributed by atoms with Crippen molar-refractivity contribution in [3.05, 3.63) is 20.8 Å². The zero-order valence-corrected chi connectivity index (χ0v) is 11.7. The van der Waals surface area contributed by atoms with E-state index in [1.807, 2.05) is 16.3 Å². The smallest absolute Gasteiger partial charge is 0.265 e. The van der Waals surface area contributed by atoms with E-state index in [4.69, 9.17) is 0 Å². The third-order valence-electron chi connectivity index (χ3n) is 3.92. The number of thiophene rings is 1. The number of aliphatic hydroxyl groups is 1. The summed E-state index contributed by atoms with van der Waals surface area (Å²) in [5, 5.41) is 11.8. The van der Waals surface area contributed by atoms with Crippen LogP contribution in [-0.2, 0) is 0 Å². The SMILES string of the molecule is O=C(c1sccc1Br)N1CC2CCC(O)C2C1. The Morgan fingerprint density at radius 1 is 1.47 bits per heavy atom. The van der Waals surface area contributed by atoms with Crippen molar-refractivity contribution in [2.24, 2.45) is 11.8 Å². The Balaban J connectivity index is 1.75. The minimum absolute atomic E-state index is 0.105. The number of fused-ring (bicyclic) bond motifs is 1. The summed E-state index contributed by atoms with van der Waals surface area (Å²) in [7, 11) is 0. The van der Waals surface area contributed by atoms with E-state index >= 15 is 0 Å². The number of amides is 1. The van der Waals surface area contributed by atoms with E-state index in [2.05, 4.69) is 15.9 Å². The highest BCUT2D eigenvalue weighted by Crippen LogP contribution is 2.39. The third-order valence-corrected chi connectivity index (χ3v) is 5.74. The molecule has 0 spiro atoms. The van der Waals surface area contributed by atoms with Crippen LogP contribution < -0.4 is 0 Å². The highest BCUT2D eigenvalue weighted by atomic mass is 79.9. The fourth-order valence-electron chi connectivity index (χ4n) is 2.99. The molecule has 3 atom stereocenters. The van der Waals surface area contributed by atoms with E-state index in [1.165, 1.54) is 11.3 Å². The van der Waals surface area contributed by atoms with Gasteiger partial charge in [0.05, 0.1) is 6.10 Å². The predicted octanol–water partition coefficient (Wildman–Crippen LogP) is 2.35. The number of aliphatic hydroxyl groups excluding tert-OH is 1. The lowest BCUT2D eigenvalue weighted by Gasteiger charge is -2.17. The normalized spacial score (nSPS) is 31.9. The number of hydrogen-bond donors (Lipinski definition) is 1. The molecule has 2 heterocycles. The first-order valence-electron chi connectivity index (χ1n) is 5.87. The van der Waals surface area contributed by atoms with Gasteiger partial charge in [-0.15, -0.1) is 11.3 Å². The fraction of sp³-hybridized carbons (Fsp3) is 0.583.